The van der Waals surface area contributed by atoms with Gasteiger partial charge in [0, 0.05) is 10.7 Å². The van der Waals surface area contributed by atoms with Crippen molar-refractivity contribution in [2.75, 3.05) is 0 Å². The van der Waals surface area contributed by atoms with Crippen LogP contribution < -0.4 is 0 Å². The third kappa shape index (κ3) is 4.51. The zero-order valence-corrected chi connectivity index (χ0v) is 20.2. The molecule has 0 fully saturated rings. The van der Waals surface area contributed by atoms with Crippen LogP contribution in [0.5, 0.6) is 0 Å². The van der Waals surface area contributed by atoms with Crippen molar-refractivity contribution in [2.45, 2.75) is 20.5 Å². The molecule has 0 saturated heterocycles. The predicted molar refractivity (Wildman–Crippen MR) is 134 cm³/mol. The predicted octanol–water partition coefficient (Wildman–Crippen LogP) is 7.98. The Bertz CT molecular complexity index is 1110. The molecule has 0 radical (unpaired) electrons. The van der Waals surface area contributed by atoms with Gasteiger partial charge < -0.3 is 0 Å². The van der Waals surface area contributed by atoms with E-state index in [4.69, 9.17) is 0 Å². The fraction of sp³-hybridized carbons (Fsp3) is 0.0769. The third-order valence-corrected chi connectivity index (χ3v) is 7.76. The van der Waals surface area contributed by atoms with Crippen molar-refractivity contribution in [3.05, 3.63) is 108 Å². The molecule has 0 aliphatic heterocycles. The highest BCUT2D eigenvalue weighted by molar-refractivity contribution is 9.08. The molecule has 0 aliphatic rings. The molecule has 4 aromatic carbocycles. The van der Waals surface area contributed by atoms with E-state index in [-0.39, 0.29) is 0 Å². The summed E-state index contributed by atoms with van der Waals surface area (Å²) in [6, 6.07) is 32.7. The highest BCUT2D eigenvalue weighted by atomic mass is 79.9. The minimum Gasteiger partial charge on any atom is -0.249 e. The number of hydrogen-bond acceptors (Lipinski definition) is 1. The van der Waals surface area contributed by atoms with Crippen molar-refractivity contribution in [1.29, 1.82) is 0 Å². The Morgan fingerprint density at radius 3 is 1.43 bits per heavy atom. The van der Waals surface area contributed by atoms with Crippen LogP contribution in [-0.2, 0) is 21.5 Å². The number of halogens is 2. The van der Waals surface area contributed by atoms with Crippen LogP contribution in [0.4, 0.5) is 0 Å². The molecule has 4 heteroatoms. The average molecular weight is 540 g/mol. The van der Waals surface area contributed by atoms with Gasteiger partial charge in [-0.3, -0.25) is 0 Å². The standard InChI is InChI=1S/C26H20Br2OS/c27-17-19-7-5-9-21(15-19)23-11-1-3-13-25(23)30(29)26-14-4-2-12-24(26)22-10-6-8-20(16-22)18-28/h1-16H,17-18H2. The zero-order chi connectivity index (χ0) is 20.9. The summed E-state index contributed by atoms with van der Waals surface area (Å²) < 4.78 is 13.8. The SMILES string of the molecule is O=S(c1ccccc1-c1cccc(CBr)c1)c1ccccc1-c1cccc(CBr)c1. The molecule has 0 heterocycles. The number of benzene rings is 4. The van der Waals surface area contributed by atoms with Crippen LogP contribution in [0.1, 0.15) is 11.1 Å². The summed E-state index contributed by atoms with van der Waals surface area (Å²) in [5, 5.41) is 1.58. The minimum absolute atomic E-state index is 0.791. The second-order valence-corrected chi connectivity index (χ2v) is 9.47. The molecule has 4 rings (SSSR count). The van der Waals surface area contributed by atoms with Crippen LogP contribution in [0.2, 0.25) is 0 Å². The first kappa shape index (κ1) is 21.2. The van der Waals surface area contributed by atoms with Gasteiger partial charge in [0.15, 0.2) is 0 Å². The molecule has 0 amide bonds. The Kier molecular flexibility index (Phi) is 6.98. The van der Waals surface area contributed by atoms with E-state index < -0.39 is 10.8 Å². The van der Waals surface area contributed by atoms with Crippen molar-refractivity contribution in [2.24, 2.45) is 0 Å². The summed E-state index contributed by atoms with van der Waals surface area (Å²) in [6.45, 7) is 0. The Hall–Kier alpha value is -2.01. The van der Waals surface area contributed by atoms with E-state index in [0.29, 0.717) is 0 Å². The van der Waals surface area contributed by atoms with Gasteiger partial charge in [0.05, 0.1) is 20.6 Å². The molecule has 0 aliphatic carbocycles. The first-order chi connectivity index (χ1) is 14.7. The number of hydrogen-bond donors (Lipinski definition) is 0. The summed E-state index contributed by atoms with van der Waals surface area (Å²) >= 11 is 7.06. The second-order valence-electron chi connectivity index (χ2n) is 6.93. The molecule has 0 atom stereocenters. The monoisotopic (exact) mass is 538 g/mol. The Morgan fingerprint density at radius 1 is 0.567 bits per heavy atom. The van der Waals surface area contributed by atoms with Gasteiger partial charge in [0.1, 0.15) is 0 Å². The van der Waals surface area contributed by atoms with Gasteiger partial charge in [0.25, 0.3) is 0 Å². The van der Waals surface area contributed by atoms with E-state index in [1.165, 1.54) is 11.1 Å². The molecule has 150 valence electrons. The number of alkyl halides is 2. The molecule has 1 nitrogen and oxygen atoms in total. The molecule has 4 aromatic rings. The van der Waals surface area contributed by atoms with E-state index in [2.05, 4.69) is 80.4 Å². The highest BCUT2D eigenvalue weighted by Crippen LogP contribution is 2.34. The summed E-state index contributed by atoms with van der Waals surface area (Å²) in [7, 11) is -1.31. The largest absolute Gasteiger partial charge is 0.249 e. The van der Waals surface area contributed by atoms with E-state index in [1.54, 1.807) is 0 Å². The maximum atomic E-state index is 13.8. The van der Waals surface area contributed by atoms with Gasteiger partial charge in [-0.25, -0.2) is 4.21 Å². The van der Waals surface area contributed by atoms with Gasteiger partial charge in [-0.2, -0.15) is 0 Å². The number of rotatable bonds is 6. The van der Waals surface area contributed by atoms with Crippen LogP contribution in [0, 0.1) is 0 Å². The van der Waals surface area contributed by atoms with Crippen molar-refractivity contribution < 1.29 is 4.21 Å². The lowest BCUT2D eigenvalue weighted by molar-refractivity contribution is 0.683. The van der Waals surface area contributed by atoms with E-state index in [9.17, 15) is 4.21 Å². The fourth-order valence-electron chi connectivity index (χ4n) is 3.50. The molecule has 0 unspecified atom stereocenters. The van der Waals surface area contributed by atoms with Crippen LogP contribution >= 0.6 is 31.9 Å². The van der Waals surface area contributed by atoms with Crippen molar-refractivity contribution >= 4 is 42.7 Å². The van der Waals surface area contributed by atoms with Gasteiger partial charge >= 0.3 is 0 Å². The Morgan fingerprint density at radius 2 is 1.00 bits per heavy atom. The molecule has 0 aromatic heterocycles. The first-order valence-corrected chi connectivity index (χ1v) is 13.0. The van der Waals surface area contributed by atoms with Gasteiger partial charge in [-0.15, -0.1) is 0 Å². The quantitative estimate of drug-likeness (QED) is 0.227. The van der Waals surface area contributed by atoms with Crippen LogP contribution in [-0.4, -0.2) is 4.21 Å². The topological polar surface area (TPSA) is 17.1 Å². The maximum absolute atomic E-state index is 13.8. The zero-order valence-electron chi connectivity index (χ0n) is 16.2. The summed E-state index contributed by atoms with van der Waals surface area (Å²) in [6.07, 6.45) is 0. The van der Waals surface area contributed by atoms with E-state index in [1.807, 2.05) is 48.5 Å². The maximum Gasteiger partial charge on any atom is 0.0862 e. The lowest BCUT2D eigenvalue weighted by Crippen LogP contribution is -1.99. The summed E-state index contributed by atoms with van der Waals surface area (Å²) in [5.74, 6) is 0. The van der Waals surface area contributed by atoms with Gasteiger partial charge in [-0.05, 0) is 45.5 Å². The highest BCUT2D eigenvalue weighted by Gasteiger charge is 2.17. The van der Waals surface area contributed by atoms with Crippen molar-refractivity contribution in [3.8, 4) is 22.3 Å². The summed E-state index contributed by atoms with van der Waals surface area (Å²) in [5.41, 5.74) is 6.55. The minimum atomic E-state index is -1.31. The van der Waals surface area contributed by atoms with E-state index >= 15 is 0 Å². The Labute approximate surface area is 196 Å². The Balaban J connectivity index is 1.82. The molecular formula is C26H20Br2OS. The smallest absolute Gasteiger partial charge is 0.0862 e. The fourth-order valence-corrected chi connectivity index (χ4v) is 5.61. The lowest BCUT2D eigenvalue weighted by atomic mass is 10.0. The van der Waals surface area contributed by atoms with E-state index in [0.717, 1.165) is 42.7 Å². The van der Waals surface area contributed by atoms with Crippen LogP contribution in [0.3, 0.4) is 0 Å². The van der Waals surface area contributed by atoms with Gasteiger partial charge in [0.2, 0.25) is 0 Å². The summed E-state index contributed by atoms with van der Waals surface area (Å²) in [4.78, 5) is 1.65. The molecule has 0 bridgehead atoms. The molecule has 0 N–H and O–H groups in total. The van der Waals surface area contributed by atoms with Crippen LogP contribution in [0.15, 0.2) is 107 Å². The molecule has 0 saturated carbocycles. The van der Waals surface area contributed by atoms with Crippen LogP contribution in [0.25, 0.3) is 22.3 Å². The first-order valence-electron chi connectivity index (χ1n) is 9.61. The third-order valence-electron chi connectivity index (χ3n) is 4.96. The lowest BCUT2D eigenvalue weighted by Gasteiger charge is -2.14. The molecule has 30 heavy (non-hydrogen) atoms. The molecular weight excluding hydrogens is 520 g/mol. The van der Waals surface area contributed by atoms with Crippen molar-refractivity contribution in [1.82, 2.24) is 0 Å². The second kappa shape index (κ2) is 9.86. The van der Waals surface area contributed by atoms with Crippen molar-refractivity contribution in [3.63, 3.8) is 0 Å². The normalized spacial score (nSPS) is 11.0. The van der Waals surface area contributed by atoms with Gasteiger partial charge in [-0.1, -0.05) is 117 Å². The average Bonchev–Trinajstić information content (AvgIpc) is 2.83. The molecule has 0 spiro atoms.